The minimum Gasteiger partial charge on any atom is -0.444 e. The summed E-state index contributed by atoms with van der Waals surface area (Å²) in [6, 6.07) is 8.13. The zero-order valence-electron chi connectivity index (χ0n) is 22.9. The Morgan fingerprint density at radius 1 is 1.21 bits per heavy atom. The van der Waals surface area contributed by atoms with Crippen LogP contribution in [0, 0.1) is 23.1 Å². The number of carbonyl (C=O) groups excluding carboxylic acids is 2. The summed E-state index contributed by atoms with van der Waals surface area (Å²) in [5.41, 5.74) is 0.531. The van der Waals surface area contributed by atoms with Gasteiger partial charge >= 0.3 is 6.09 Å². The Balaban J connectivity index is 1.44. The number of amides is 2. The summed E-state index contributed by atoms with van der Waals surface area (Å²) in [5.74, 6) is -0.946. The number of likely N-dealkylation sites (N-methyl/N-ethyl adjacent to an activating group) is 1. The number of pyridine rings is 1. The van der Waals surface area contributed by atoms with Gasteiger partial charge < -0.3 is 19.9 Å². The Kier molecular flexibility index (Phi) is 8.40. The number of fused-ring (bicyclic) bond motifs is 2. The molecule has 4 atom stereocenters. The van der Waals surface area contributed by atoms with E-state index in [-0.39, 0.29) is 29.5 Å². The Bertz CT molecular complexity index is 1330. The molecule has 1 aliphatic carbocycles. The van der Waals surface area contributed by atoms with Crippen LogP contribution >= 0.6 is 0 Å². The minimum absolute atomic E-state index is 0.00609. The second kappa shape index (κ2) is 11.6. The first-order valence-electron chi connectivity index (χ1n) is 13.4. The van der Waals surface area contributed by atoms with E-state index in [0.29, 0.717) is 24.2 Å². The smallest absolute Gasteiger partial charge is 0.411 e. The maximum absolute atomic E-state index is 15.1. The maximum atomic E-state index is 15.1. The van der Waals surface area contributed by atoms with E-state index in [0.717, 1.165) is 19.3 Å². The van der Waals surface area contributed by atoms with Gasteiger partial charge in [0, 0.05) is 37.8 Å². The Morgan fingerprint density at radius 3 is 2.59 bits per heavy atom. The normalized spacial score (nSPS) is 20.9. The Hall–Kier alpha value is -3.71. The monoisotopic (exact) mass is 537 g/mol. The summed E-state index contributed by atoms with van der Waals surface area (Å²) >= 11 is 0. The van der Waals surface area contributed by atoms with Crippen LogP contribution in [0.2, 0.25) is 0 Å². The van der Waals surface area contributed by atoms with Crippen molar-refractivity contribution in [2.24, 2.45) is 5.92 Å². The van der Waals surface area contributed by atoms with E-state index in [1.165, 1.54) is 17.0 Å². The molecule has 2 heterocycles. The van der Waals surface area contributed by atoms with Crippen LogP contribution < -0.4 is 16.2 Å². The summed E-state index contributed by atoms with van der Waals surface area (Å²) in [4.78, 5) is 40.1. The fourth-order valence-corrected chi connectivity index (χ4v) is 5.51. The van der Waals surface area contributed by atoms with Crippen molar-refractivity contribution < 1.29 is 18.7 Å². The fourth-order valence-electron chi connectivity index (χ4n) is 5.51. The summed E-state index contributed by atoms with van der Waals surface area (Å²) in [7, 11) is 1.81. The molecule has 1 aliphatic heterocycles. The molecule has 1 saturated heterocycles. The summed E-state index contributed by atoms with van der Waals surface area (Å²) in [6.45, 7) is 6.51. The highest BCUT2D eigenvalue weighted by Gasteiger charge is 2.52. The molecule has 2 aliphatic rings. The average molecular weight is 538 g/mol. The van der Waals surface area contributed by atoms with E-state index in [4.69, 9.17) is 4.74 Å². The van der Waals surface area contributed by atoms with E-state index in [1.807, 2.05) is 7.05 Å². The SMILES string of the molecule is CNCCn1ccc(-c2ccc(C[C@@H](C#N)NC(=O)[C@@H]3[C@H]4CC[C@H](C4)N3C(=O)OC(C)(C)C)c(F)c2)cc1=O. The van der Waals surface area contributed by atoms with Crippen molar-refractivity contribution in [3.8, 4) is 17.2 Å². The number of nitriles is 1. The largest absolute Gasteiger partial charge is 0.444 e. The number of hydrogen-bond donors (Lipinski definition) is 2. The average Bonchev–Trinajstić information content (AvgIpc) is 3.49. The lowest BCUT2D eigenvalue weighted by Gasteiger charge is -2.35. The minimum atomic E-state index is -0.978. The third-order valence-electron chi connectivity index (χ3n) is 7.34. The number of likely N-dealkylation sites (tertiary alicyclic amines) is 1. The predicted octanol–water partition coefficient (Wildman–Crippen LogP) is 3.21. The molecule has 10 heteroatoms. The quantitative estimate of drug-likeness (QED) is 0.534. The van der Waals surface area contributed by atoms with Gasteiger partial charge in [-0.1, -0.05) is 12.1 Å². The van der Waals surface area contributed by atoms with E-state index in [1.54, 1.807) is 49.7 Å². The Labute approximate surface area is 227 Å². The molecular formula is C29H36FN5O4. The lowest BCUT2D eigenvalue weighted by Crippen LogP contribution is -2.55. The standard InChI is InChI=1S/C29H36FN5O4/c1-29(2,3)39-28(38)35-23-8-7-21(14-23)26(35)27(37)33-22(17-31)13-20-6-5-18(15-24(20)30)19-9-11-34(12-10-32-4)25(36)16-19/h5-6,9,11,15-16,21-23,26,32H,7-8,10,12-14H2,1-4H3,(H,33,37)/t21-,22-,23+,26-/m0/s1. The van der Waals surface area contributed by atoms with Crippen LogP contribution in [0.5, 0.6) is 0 Å². The number of benzene rings is 1. The second-order valence-electron chi connectivity index (χ2n) is 11.3. The molecule has 2 aromatic rings. The van der Waals surface area contributed by atoms with Gasteiger partial charge in [0.05, 0.1) is 6.07 Å². The van der Waals surface area contributed by atoms with Crippen molar-refractivity contribution in [1.82, 2.24) is 20.1 Å². The molecule has 2 amide bonds. The molecule has 1 saturated carbocycles. The second-order valence-corrected chi connectivity index (χ2v) is 11.3. The van der Waals surface area contributed by atoms with Crippen molar-refractivity contribution >= 4 is 12.0 Å². The van der Waals surface area contributed by atoms with Gasteiger partial charge in [0.2, 0.25) is 5.91 Å². The highest BCUT2D eigenvalue weighted by Crippen LogP contribution is 2.43. The van der Waals surface area contributed by atoms with Gasteiger partial charge in [0.1, 0.15) is 23.5 Å². The molecule has 208 valence electrons. The number of nitrogens with zero attached hydrogens (tertiary/aromatic N) is 3. The number of piperidine rings is 1. The molecule has 0 radical (unpaired) electrons. The zero-order valence-corrected chi connectivity index (χ0v) is 22.9. The van der Waals surface area contributed by atoms with E-state index in [9.17, 15) is 19.6 Å². The molecule has 1 aromatic carbocycles. The molecule has 0 unspecified atom stereocenters. The summed E-state index contributed by atoms with van der Waals surface area (Å²) in [5, 5.41) is 15.5. The third-order valence-corrected chi connectivity index (χ3v) is 7.34. The summed E-state index contributed by atoms with van der Waals surface area (Å²) < 4.78 is 22.2. The van der Waals surface area contributed by atoms with Crippen LogP contribution in [0.3, 0.4) is 0 Å². The maximum Gasteiger partial charge on any atom is 0.411 e. The molecule has 2 bridgehead atoms. The zero-order chi connectivity index (χ0) is 28.3. The van der Waals surface area contributed by atoms with E-state index in [2.05, 4.69) is 16.7 Å². The molecule has 2 N–H and O–H groups in total. The number of carbonyl (C=O) groups is 2. The van der Waals surface area contributed by atoms with Gasteiger partial charge in [-0.05, 0) is 81.8 Å². The molecule has 2 fully saturated rings. The first kappa shape index (κ1) is 28.3. The number of rotatable bonds is 8. The first-order chi connectivity index (χ1) is 18.5. The van der Waals surface area contributed by atoms with Crippen LogP contribution in [-0.2, 0) is 22.5 Å². The first-order valence-corrected chi connectivity index (χ1v) is 13.4. The van der Waals surface area contributed by atoms with E-state index < -0.39 is 35.5 Å². The Morgan fingerprint density at radius 2 is 1.95 bits per heavy atom. The predicted molar refractivity (Wildman–Crippen MR) is 144 cm³/mol. The van der Waals surface area contributed by atoms with E-state index >= 15 is 4.39 Å². The number of aromatic nitrogens is 1. The number of nitrogens with one attached hydrogen (secondary N) is 2. The van der Waals surface area contributed by atoms with Gasteiger partial charge in [-0.15, -0.1) is 0 Å². The number of ether oxygens (including phenoxy) is 1. The van der Waals surface area contributed by atoms with Crippen LogP contribution in [0.1, 0.15) is 45.6 Å². The van der Waals surface area contributed by atoms with Crippen molar-refractivity contribution in [2.45, 2.75) is 76.7 Å². The highest BCUT2D eigenvalue weighted by atomic mass is 19.1. The lowest BCUT2D eigenvalue weighted by molar-refractivity contribution is -0.128. The van der Waals surface area contributed by atoms with Crippen molar-refractivity contribution in [3.05, 3.63) is 58.3 Å². The summed E-state index contributed by atoms with van der Waals surface area (Å²) in [6.07, 6.45) is 3.49. The lowest BCUT2D eigenvalue weighted by atomic mass is 9.97. The topological polar surface area (TPSA) is 116 Å². The van der Waals surface area contributed by atoms with Gasteiger partial charge in [-0.25, -0.2) is 9.18 Å². The van der Waals surface area contributed by atoms with Gasteiger partial charge in [0.15, 0.2) is 0 Å². The fraction of sp³-hybridized carbons (Fsp3) is 0.517. The third kappa shape index (κ3) is 6.48. The van der Waals surface area contributed by atoms with Crippen LogP contribution in [-0.4, -0.2) is 58.8 Å². The number of hydrogen-bond acceptors (Lipinski definition) is 6. The van der Waals surface area contributed by atoms with Crippen molar-refractivity contribution in [3.63, 3.8) is 0 Å². The molecule has 1 aromatic heterocycles. The van der Waals surface area contributed by atoms with Crippen LogP contribution in [0.25, 0.3) is 11.1 Å². The molecule has 4 rings (SSSR count). The molecular weight excluding hydrogens is 501 g/mol. The molecule has 39 heavy (non-hydrogen) atoms. The van der Waals surface area contributed by atoms with Gasteiger partial charge in [-0.3, -0.25) is 14.5 Å². The number of halogens is 1. The molecule has 9 nitrogen and oxygen atoms in total. The van der Waals surface area contributed by atoms with Crippen LogP contribution in [0.15, 0.2) is 41.3 Å². The molecule has 0 spiro atoms. The highest BCUT2D eigenvalue weighted by molar-refractivity contribution is 5.87. The van der Waals surface area contributed by atoms with Crippen molar-refractivity contribution in [1.29, 1.82) is 5.26 Å². The van der Waals surface area contributed by atoms with Crippen molar-refractivity contribution in [2.75, 3.05) is 13.6 Å². The van der Waals surface area contributed by atoms with Gasteiger partial charge in [0.25, 0.3) is 5.56 Å². The van der Waals surface area contributed by atoms with Gasteiger partial charge in [-0.2, -0.15) is 5.26 Å². The van der Waals surface area contributed by atoms with Crippen LogP contribution in [0.4, 0.5) is 9.18 Å².